The highest BCUT2D eigenvalue weighted by Gasteiger charge is 2.51. The number of carbonyl (C=O) groups is 2. The Morgan fingerprint density at radius 1 is 1.05 bits per heavy atom. The van der Waals surface area contributed by atoms with Crippen LogP contribution < -0.4 is 0 Å². The molecule has 2 rings (SSSR count). The lowest BCUT2D eigenvalue weighted by molar-refractivity contribution is -0.173. The summed E-state index contributed by atoms with van der Waals surface area (Å²) in [6, 6.07) is 9.60. The summed E-state index contributed by atoms with van der Waals surface area (Å²) in [5, 5.41) is 0. The van der Waals surface area contributed by atoms with Gasteiger partial charge in [-0.15, -0.1) is 0 Å². The minimum absolute atomic E-state index is 0.263. The topological polar surface area (TPSA) is 52.6 Å². The Labute approximate surface area is 131 Å². The van der Waals surface area contributed by atoms with Crippen molar-refractivity contribution in [3.63, 3.8) is 0 Å². The molecule has 4 heteroatoms. The van der Waals surface area contributed by atoms with E-state index in [2.05, 4.69) is 0 Å². The Bertz CT molecular complexity index is 487. The van der Waals surface area contributed by atoms with E-state index in [0.717, 1.165) is 18.4 Å². The standard InChI is InChI=1S/C18H24O4/c1-3-21-16(19)18(13-15-10-11-15,17(20)22-4-2)12-14-8-6-5-7-9-14/h5-9,15H,3-4,10-13H2,1-2H3. The summed E-state index contributed by atoms with van der Waals surface area (Å²) in [6.45, 7) is 4.04. The van der Waals surface area contributed by atoms with Crippen LogP contribution in [-0.4, -0.2) is 25.2 Å². The van der Waals surface area contributed by atoms with E-state index >= 15 is 0 Å². The summed E-state index contributed by atoms with van der Waals surface area (Å²) in [5.41, 5.74) is -0.265. The molecule has 4 nitrogen and oxygen atoms in total. The van der Waals surface area contributed by atoms with Crippen LogP contribution in [0.5, 0.6) is 0 Å². The second-order valence-corrected chi connectivity index (χ2v) is 5.83. The van der Waals surface area contributed by atoms with Gasteiger partial charge in [0, 0.05) is 0 Å². The van der Waals surface area contributed by atoms with Gasteiger partial charge in [-0.2, -0.15) is 0 Å². The van der Waals surface area contributed by atoms with Gasteiger partial charge in [-0.05, 0) is 38.2 Å². The van der Waals surface area contributed by atoms with E-state index in [1.54, 1.807) is 13.8 Å². The molecule has 1 saturated carbocycles. The van der Waals surface area contributed by atoms with Gasteiger partial charge in [0.05, 0.1) is 13.2 Å². The molecule has 22 heavy (non-hydrogen) atoms. The van der Waals surface area contributed by atoms with Gasteiger partial charge in [0.15, 0.2) is 5.41 Å². The summed E-state index contributed by atoms with van der Waals surface area (Å²) in [6.07, 6.45) is 2.98. The first-order valence-electron chi connectivity index (χ1n) is 8.00. The number of rotatable bonds is 8. The lowest BCUT2D eigenvalue weighted by Gasteiger charge is -2.29. The van der Waals surface area contributed by atoms with Gasteiger partial charge in [-0.3, -0.25) is 9.59 Å². The van der Waals surface area contributed by atoms with Gasteiger partial charge in [0.2, 0.25) is 0 Å². The predicted octanol–water partition coefficient (Wildman–Crippen LogP) is 3.14. The van der Waals surface area contributed by atoms with Gasteiger partial charge >= 0.3 is 11.9 Å². The summed E-state index contributed by atoms with van der Waals surface area (Å²) in [5.74, 6) is -0.495. The maximum Gasteiger partial charge on any atom is 0.323 e. The molecule has 0 unspecified atom stereocenters. The van der Waals surface area contributed by atoms with Gasteiger partial charge < -0.3 is 9.47 Å². The van der Waals surface area contributed by atoms with Crippen LogP contribution in [0.4, 0.5) is 0 Å². The van der Waals surface area contributed by atoms with E-state index in [-0.39, 0.29) is 13.2 Å². The second-order valence-electron chi connectivity index (χ2n) is 5.83. The fraction of sp³-hybridized carbons (Fsp3) is 0.556. The molecule has 1 aliphatic rings. The number of hydrogen-bond acceptors (Lipinski definition) is 4. The first kappa shape index (κ1) is 16.5. The zero-order chi connectivity index (χ0) is 16.0. The molecule has 1 fully saturated rings. The van der Waals surface area contributed by atoms with Crippen molar-refractivity contribution in [2.75, 3.05) is 13.2 Å². The molecule has 0 atom stereocenters. The summed E-state index contributed by atoms with van der Waals surface area (Å²) in [7, 11) is 0. The number of carbonyl (C=O) groups excluding carboxylic acids is 2. The molecule has 0 radical (unpaired) electrons. The molecule has 0 bridgehead atoms. The third kappa shape index (κ3) is 3.87. The Hall–Kier alpha value is -1.84. The summed E-state index contributed by atoms with van der Waals surface area (Å²) >= 11 is 0. The van der Waals surface area contributed by atoms with Crippen molar-refractivity contribution in [2.45, 2.75) is 39.5 Å². The highest BCUT2D eigenvalue weighted by molar-refractivity contribution is 6.00. The van der Waals surface area contributed by atoms with Gasteiger partial charge in [-0.1, -0.05) is 43.2 Å². The van der Waals surface area contributed by atoms with Crippen molar-refractivity contribution in [3.05, 3.63) is 35.9 Å². The van der Waals surface area contributed by atoms with Crippen LogP contribution in [0.3, 0.4) is 0 Å². The van der Waals surface area contributed by atoms with Crippen LogP contribution >= 0.6 is 0 Å². The van der Waals surface area contributed by atoms with Crippen molar-refractivity contribution < 1.29 is 19.1 Å². The highest BCUT2D eigenvalue weighted by atomic mass is 16.6. The monoisotopic (exact) mass is 304 g/mol. The quantitative estimate of drug-likeness (QED) is 0.547. The zero-order valence-electron chi connectivity index (χ0n) is 13.3. The number of esters is 2. The Morgan fingerprint density at radius 3 is 2.05 bits per heavy atom. The fourth-order valence-corrected chi connectivity index (χ4v) is 2.76. The lowest BCUT2D eigenvalue weighted by Crippen LogP contribution is -2.44. The lowest BCUT2D eigenvalue weighted by atomic mass is 9.77. The van der Waals surface area contributed by atoms with Gasteiger partial charge in [0.1, 0.15) is 0 Å². The Kier molecular flexibility index (Phi) is 5.58. The van der Waals surface area contributed by atoms with E-state index in [0.29, 0.717) is 18.8 Å². The van der Waals surface area contributed by atoms with Crippen molar-refractivity contribution >= 4 is 11.9 Å². The molecule has 0 spiro atoms. The molecule has 120 valence electrons. The van der Waals surface area contributed by atoms with Crippen LogP contribution in [0.1, 0.15) is 38.7 Å². The van der Waals surface area contributed by atoms with Crippen LogP contribution in [0.25, 0.3) is 0 Å². The molecule has 1 aliphatic carbocycles. The number of ether oxygens (including phenoxy) is 2. The van der Waals surface area contributed by atoms with Crippen molar-refractivity contribution in [1.29, 1.82) is 0 Å². The first-order chi connectivity index (χ1) is 10.6. The predicted molar refractivity (Wildman–Crippen MR) is 83.2 cm³/mol. The zero-order valence-corrected chi connectivity index (χ0v) is 13.3. The minimum Gasteiger partial charge on any atom is -0.465 e. The van der Waals surface area contributed by atoms with Crippen LogP contribution in [0.15, 0.2) is 30.3 Å². The molecule has 0 saturated heterocycles. The van der Waals surface area contributed by atoms with Crippen LogP contribution in [0, 0.1) is 11.3 Å². The van der Waals surface area contributed by atoms with E-state index in [1.165, 1.54) is 0 Å². The largest absolute Gasteiger partial charge is 0.465 e. The highest BCUT2D eigenvalue weighted by Crippen LogP contribution is 2.43. The summed E-state index contributed by atoms with van der Waals surface area (Å²) in [4.78, 5) is 25.3. The van der Waals surface area contributed by atoms with Crippen molar-refractivity contribution in [1.82, 2.24) is 0 Å². The maximum atomic E-state index is 12.6. The average Bonchev–Trinajstić information content (AvgIpc) is 3.32. The SMILES string of the molecule is CCOC(=O)C(Cc1ccccc1)(CC1CC1)C(=O)OCC. The smallest absolute Gasteiger partial charge is 0.323 e. The average molecular weight is 304 g/mol. The first-order valence-corrected chi connectivity index (χ1v) is 8.00. The second kappa shape index (κ2) is 7.43. The van der Waals surface area contributed by atoms with Gasteiger partial charge in [-0.25, -0.2) is 0 Å². The van der Waals surface area contributed by atoms with E-state index < -0.39 is 17.4 Å². The van der Waals surface area contributed by atoms with E-state index in [1.807, 2.05) is 30.3 Å². The molecule has 0 N–H and O–H groups in total. The van der Waals surface area contributed by atoms with E-state index in [9.17, 15) is 9.59 Å². The summed E-state index contributed by atoms with van der Waals surface area (Å²) < 4.78 is 10.5. The number of hydrogen-bond donors (Lipinski definition) is 0. The molecule has 0 amide bonds. The molecular formula is C18H24O4. The fourth-order valence-electron chi connectivity index (χ4n) is 2.76. The maximum absolute atomic E-state index is 12.6. The third-order valence-electron chi connectivity index (χ3n) is 4.02. The molecule has 0 heterocycles. The minimum atomic E-state index is -1.21. The van der Waals surface area contributed by atoms with Crippen molar-refractivity contribution in [3.8, 4) is 0 Å². The van der Waals surface area contributed by atoms with Crippen molar-refractivity contribution in [2.24, 2.45) is 11.3 Å². The third-order valence-corrected chi connectivity index (χ3v) is 4.02. The Balaban J connectivity index is 2.33. The number of benzene rings is 1. The van der Waals surface area contributed by atoms with Crippen LogP contribution in [-0.2, 0) is 25.5 Å². The van der Waals surface area contributed by atoms with Gasteiger partial charge in [0.25, 0.3) is 0 Å². The molecule has 0 aliphatic heterocycles. The van der Waals surface area contributed by atoms with E-state index in [4.69, 9.17) is 9.47 Å². The Morgan fingerprint density at radius 2 is 1.59 bits per heavy atom. The molecule has 1 aromatic rings. The molecular weight excluding hydrogens is 280 g/mol. The van der Waals surface area contributed by atoms with Crippen LogP contribution in [0.2, 0.25) is 0 Å². The molecule has 1 aromatic carbocycles. The molecule has 0 aromatic heterocycles. The normalized spacial score (nSPS) is 14.5.